The maximum atomic E-state index is 12.7. The minimum atomic E-state index is -1.14. The lowest BCUT2D eigenvalue weighted by Gasteiger charge is -2.21. The molecule has 1 saturated heterocycles. The molecule has 1 atom stereocenters. The number of benzene rings is 2. The summed E-state index contributed by atoms with van der Waals surface area (Å²) in [6.07, 6.45) is 0.954. The van der Waals surface area contributed by atoms with Crippen molar-refractivity contribution in [3.63, 3.8) is 0 Å². The lowest BCUT2D eigenvalue weighted by Crippen LogP contribution is -2.50. The van der Waals surface area contributed by atoms with Gasteiger partial charge in [-0.25, -0.2) is 9.59 Å². The SMILES string of the molecule is Cc1ccccc1C(=O)OCC(=O)NN1C(=O)N[C@](C)(CCc2ccccc2)C1=O. The van der Waals surface area contributed by atoms with Crippen LogP contribution in [0.3, 0.4) is 0 Å². The van der Waals surface area contributed by atoms with Gasteiger partial charge in [0.25, 0.3) is 11.8 Å². The molecule has 30 heavy (non-hydrogen) atoms. The summed E-state index contributed by atoms with van der Waals surface area (Å²) in [6.45, 7) is 2.74. The van der Waals surface area contributed by atoms with E-state index in [1.807, 2.05) is 30.3 Å². The van der Waals surface area contributed by atoms with Gasteiger partial charge in [-0.05, 0) is 43.9 Å². The van der Waals surface area contributed by atoms with Gasteiger partial charge in [-0.3, -0.25) is 15.0 Å². The lowest BCUT2D eigenvalue weighted by atomic mass is 9.93. The molecular formula is C22H23N3O5. The van der Waals surface area contributed by atoms with Crippen molar-refractivity contribution < 1.29 is 23.9 Å². The fourth-order valence-corrected chi connectivity index (χ4v) is 3.16. The molecule has 0 spiro atoms. The number of carbonyl (C=O) groups excluding carboxylic acids is 4. The van der Waals surface area contributed by atoms with E-state index in [-0.39, 0.29) is 0 Å². The summed E-state index contributed by atoms with van der Waals surface area (Å²) in [6, 6.07) is 15.7. The fraction of sp³-hybridized carbons (Fsp3) is 0.273. The van der Waals surface area contributed by atoms with E-state index in [1.165, 1.54) is 0 Å². The number of hydrogen-bond acceptors (Lipinski definition) is 5. The number of carbonyl (C=O) groups is 4. The van der Waals surface area contributed by atoms with Crippen LogP contribution in [-0.2, 0) is 20.7 Å². The average Bonchev–Trinajstić information content (AvgIpc) is 2.95. The Morgan fingerprint density at radius 2 is 1.73 bits per heavy atom. The summed E-state index contributed by atoms with van der Waals surface area (Å²) in [5.41, 5.74) is 3.16. The lowest BCUT2D eigenvalue weighted by molar-refractivity contribution is -0.140. The van der Waals surface area contributed by atoms with Crippen molar-refractivity contribution >= 4 is 23.8 Å². The van der Waals surface area contributed by atoms with Crippen molar-refractivity contribution in [2.24, 2.45) is 0 Å². The normalized spacial score (nSPS) is 18.1. The predicted molar refractivity (Wildman–Crippen MR) is 108 cm³/mol. The molecule has 8 nitrogen and oxygen atoms in total. The molecule has 1 heterocycles. The Morgan fingerprint density at radius 1 is 1.07 bits per heavy atom. The Hall–Kier alpha value is -3.68. The van der Waals surface area contributed by atoms with Crippen LogP contribution in [0.4, 0.5) is 4.79 Å². The summed E-state index contributed by atoms with van der Waals surface area (Å²) < 4.78 is 4.99. The average molecular weight is 409 g/mol. The highest BCUT2D eigenvalue weighted by molar-refractivity contribution is 6.07. The highest BCUT2D eigenvalue weighted by Crippen LogP contribution is 2.22. The van der Waals surface area contributed by atoms with Crippen molar-refractivity contribution in [1.29, 1.82) is 0 Å². The zero-order chi connectivity index (χ0) is 21.7. The van der Waals surface area contributed by atoms with Crippen molar-refractivity contribution in [3.05, 3.63) is 71.3 Å². The molecule has 1 fully saturated rings. The van der Waals surface area contributed by atoms with Crippen LogP contribution in [0.5, 0.6) is 0 Å². The molecule has 0 aliphatic carbocycles. The topological polar surface area (TPSA) is 105 Å². The number of hydrogen-bond donors (Lipinski definition) is 2. The van der Waals surface area contributed by atoms with Gasteiger partial charge < -0.3 is 10.1 Å². The van der Waals surface area contributed by atoms with Crippen LogP contribution >= 0.6 is 0 Å². The maximum absolute atomic E-state index is 12.7. The van der Waals surface area contributed by atoms with E-state index in [0.717, 1.165) is 5.56 Å². The van der Waals surface area contributed by atoms with Crippen molar-refractivity contribution in [3.8, 4) is 0 Å². The van der Waals surface area contributed by atoms with Gasteiger partial charge in [0.1, 0.15) is 5.54 Å². The Balaban J connectivity index is 1.55. The highest BCUT2D eigenvalue weighted by Gasteiger charge is 2.48. The molecule has 2 N–H and O–H groups in total. The van der Waals surface area contributed by atoms with E-state index in [9.17, 15) is 19.2 Å². The summed E-state index contributed by atoms with van der Waals surface area (Å²) in [5, 5.41) is 3.25. The molecule has 1 aliphatic heterocycles. The van der Waals surface area contributed by atoms with Crippen LogP contribution in [0.25, 0.3) is 0 Å². The summed E-state index contributed by atoms with van der Waals surface area (Å²) in [7, 11) is 0. The number of amides is 4. The maximum Gasteiger partial charge on any atom is 0.344 e. The molecule has 1 aliphatic rings. The Labute approximate surface area is 174 Å². The third-order valence-electron chi connectivity index (χ3n) is 4.95. The molecule has 2 aromatic carbocycles. The Kier molecular flexibility index (Phi) is 6.15. The number of nitrogens with one attached hydrogen (secondary N) is 2. The van der Waals surface area contributed by atoms with Crippen molar-refractivity contribution in [2.45, 2.75) is 32.2 Å². The first-order chi connectivity index (χ1) is 14.3. The standard InChI is InChI=1S/C22H23N3O5/c1-15-8-6-7-11-17(15)19(27)30-14-18(26)24-25-20(28)22(2,23-21(25)29)13-12-16-9-4-3-5-10-16/h3-11H,12-14H2,1-2H3,(H,23,29)(H,24,26)/t22-/m1/s1. The van der Waals surface area contributed by atoms with E-state index < -0.39 is 36.0 Å². The Bertz CT molecular complexity index is 976. The number of esters is 1. The third kappa shape index (κ3) is 4.65. The zero-order valence-electron chi connectivity index (χ0n) is 16.8. The van der Waals surface area contributed by atoms with E-state index in [0.29, 0.717) is 29.0 Å². The smallest absolute Gasteiger partial charge is 0.344 e. The summed E-state index contributed by atoms with van der Waals surface area (Å²) in [4.78, 5) is 49.2. The molecule has 0 aromatic heterocycles. The molecule has 0 bridgehead atoms. The second-order valence-corrected chi connectivity index (χ2v) is 7.31. The predicted octanol–water partition coefficient (Wildman–Crippen LogP) is 2.13. The largest absolute Gasteiger partial charge is 0.452 e. The van der Waals surface area contributed by atoms with Crippen LogP contribution in [-0.4, -0.2) is 41.0 Å². The molecule has 2 aromatic rings. The molecule has 0 unspecified atom stereocenters. The molecule has 3 rings (SSSR count). The first-order valence-electron chi connectivity index (χ1n) is 9.53. The van der Waals surface area contributed by atoms with Gasteiger partial charge in [0, 0.05) is 0 Å². The van der Waals surface area contributed by atoms with Gasteiger partial charge in [0.2, 0.25) is 0 Å². The fourth-order valence-electron chi connectivity index (χ4n) is 3.16. The quantitative estimate of drug-likeness (QED) is 0.538. The van der Waals surface area contributed by atoms with Crippen LogP contribution in [0.1, 0.15) is 34.8 Å². The van der Waals surface area contributed by atoms with Crippen molar-refractivity contribution in [2.75, 3.05) is 6.61 Å². The molecule has 156 valence electrons. The number of hydrazine groups is 1. The van der Waals surface area contributed by atoms with E-state index in [4.69, 9.17) is 4.74 Å². The first-order valence-corrected chi connectivity index (χ1v) is 9.53. The highest BCUT2D eigenvalue weighted by atomic mass is 16.5. The van der Waals surface area contributed by atoms with Crippen LogP contribution in [0.15, 0.2) is 54.6 Å². The van der Waals surface area contributed by atoms with E-state index in [1.54, 1.807) is 38.1 Å². The monoisotopic (exact) mass is 409 g/mol. The number of ether oxygens (including phenoxy) is 1. The second-order valence-electron chi connectivity index (χ2n) is 7.31. The van der Waals surface area contributed by atoms with E-state index in [2.05, 4.69) is 10.7 Å². The van der Waals surface area contributed by atoms with Gasteiger partial charge in [-0.1, -0.05) is 48.5 Å². The zero-order valence-corrected chi connectivity index (χ0v) is 16.8. The van der Waals surface area contributed by atoms with Gasteiger partial charge in [0.15, 0.2) is 6.61 Å². The van der Waals surface area contributed by atoms with Gasteiger partial charge in [-0.2, -0.15) is 5.01 Å². The second kappa shape index (κ2) is 8.77. The van der Waals surface area contributed by atoms with Gasteiger partial charge in [0.05, 0.1) is 5.56 Å². The van der Waals surface area contributed by atoms with Crippen LogP contribution in [0.2, 0.25) is 0 Å². The molecule has 0 saturated carbocycles. The molecular weight excluding hydrogens is 386 g/mol. The van der Waals surface area contributed by atoms with Gasteiger partial charge >= 0.3 is 12.0 Å². The minimum absolute atomic E-state index is 0.341. The van der Waals surface area contributed by atoms with Crippen LogP contribution in [0, 0.1) is 6.92 Å². The van der Waals surface area contributed by atoms with Gasteiger partial charge in [-0.15, -0.1) is 0 Å². The molecule has 8 heteroatoms. The number of rotatable bonds is 7. The summed E-state index contributed by atoms with van der Waals surface area (Å²) in [5.74, 6) is -2.01. The third-order valence-corrected chi connectivity index (χ3v) is 4.95. The number of nitrogens with zero attached hydrogens (tertiary/aromatic N) is 1. The molecule has 4 amide bonds. The number of imide groups is 1. The minimum Gasteiger partial charge on any atom is -0.452 e. The van der Waals surface area contributed by atoms with Crippen LogP contribution < -0.4 is 10.7 Å². The number of urea groups is 1. The summed E-state index contributed by atoms with van der Waals surface area (Å²) >= 11 is 0. The molecule has 0 radical (unpaired) electrons. The number of aryl methyl sites for hydroxylation is 2. The Morgan fingerprint density at radius 3 is 2.43 bits per heavy atom. The van der Waals surface area contributed by atoms with Crippen molar-refractivity contribution in [1.82, 2.24) is 15.8 Å². The first kappa shape index (κ1) is 21.0. The van der Waals surface area contributed by atoms with E-state index >= 15 is 0 Å².